The van der Waals surface area contributed by atoms with E-state index in [4.69, 9.17) is 21.1 Å². The predicted molar refractivity (Wildman–Crippen MR) is 67.5 cm³/mol. The number of esters is 1. The summed E-state index contributed by atoms with van der Waals surface area (Å²) in [5, 5.41) is 0.639. The first kappa shape index (κ1) is 13.8. The summed E-state index contributed by atoms with van der Waals surface area (Å²) < 4.78 is 10.0. The van der Waals surface area contributed by atoms with E-state index >= 15 is 0 Å². The van der Waals surface area contributed by atoms with Crippen LogP contribution in [0, 0.1) is 5.92 Å². The zero-order chi connectivity index (χ0) is 12.8. The smallest absolute Gasteiger partial charge is 0.308 e. The third-order valence-electron chi connectivity index (χ3n) is 2.74. The highest BCUT2D eigenvalue weighted by Crippen LogP contribution is 2.26. The molecule has 0 saturated carbocycles. The van der Waals surface area contributed by atoms with Crippen LogP contribution in [0.3, 0.4) is 0 Å². The van der Waals surface area contributed by atoms with Crippen molar-refractivity contribution >= 4 is 17.6 Å². The average molecular weight is 257 g/mol. The minimum absolute atomic E-state index is 0.160. The number of ether oxygens (including phenoxy) is 2. The summed E-state index contributed by atoms with van der Waals surface area (Å²) in [6, 6.07) is 5.40. The maximum Gasteiger partial charge on any atom is 0.308 e. The van der Waals surface area contributed by atoms with Crippen molar-refractivity contribution in [3.63, 3.8) is 0 Å². The first-order valence-corrected chi connectivity index (χ1v) is 5.90. The van der Waals surface area contributed by atoms with Crippen LogP contribution in [0.1, 0.15) is 18.9 Å². The standard InChI is InChI=1S/C13H17ClO3/c1-4-9(13(15)17-3)7-10-8-11(14)5-6-12(10)16-2/h5-6,8-9H,4,7H2,1-3H3. The molecular weight excluding hydrogens is 240 g/mol. The third kappa shape index (κ3) is 3.63. The number of benzene rings is 1. The fourth-order valence-electron chi connectivity index (χ4n) is 1.73. The van der Waals surface area contributed by atoms with E-state index in [9.17, 15) is 4.79 Å². The Labute approximate surface area is 107 Å². The monoisotopic (exact) mass is 256 g/mol. The molecule has 0 amide bonds. The molecule has 0 N–H and O–H groups in total. The molecule has 1 atom stereocenters. The summed E-state index contributed by atoms with van der Waals surface area (Å²) in [6.07, 6.45) is 1.30. The fraction of sp³-hybridized carbons (Fsp3) is 0.462. The van der Waals surface area contributed by atoms with E-state index in [0.717, 1.165) is 17.7 Å². The SMILES string of the molecule is CCC(Cc1cc(Cl)ccc1OC)C(=O)OC. The summed E-state index contributed by atoms with van der Waals surface area (Å²) in [5.41, 5.74) is 0.928. The highest BCUT2D eigenvalue weighted by Gasteiger charge is 2.19. The van der Waals surface area contributed by atoms with Crippen LogP contribution in [0.25, 0.3) is 0 Å². The molecule has 0 bridgehead atoms. The van der Waals surface area contributed by atoms with Gasteiger partial charge in [-0.2, -0.15) is 0 Å². The molecule has 0 aliphatic heterocycles. The third-order valence-corrected chi connectivity index (χ3v) is 2.97. The second-order valence-corrected chi connectivity index (χ2v) is 4.23. The van der Waals surface area contributed by atoms with Crippen LogP contribution >= 0.6 is 11.6 Å². The van der Waals surface area contributed by atoms with Crippen molar-refractivity contribution in [1.29, 1.82) is 0 Å². The number of rotatable bonds is 5. The van der Waals surface area contributed by atoms with Crippen LogP contribution in [0.15, 0.2) is 18.2 Å². The van der Waals surface area contributed by atoms with Gasteiger partial charge in [-0.05, 0) is 36.6 Å². The summed E-state index contributed by atoms with van der Waals surface area (Å²) >= 11 is 5.94. The van der Waals surface area contributed by atoms with Crippen molar-refractivity contribution in [1.82, 2.24) is 0 Å². The van der Waals surface area contributed by atoms with Crippen molar-refractivity contribution in [3.05, 3.63) is 28.8 Å². The van der Waals surface area contributed by atoms with Gasteiger partial charge in [0.15, 0.2) is 0 Å². The molecular formula is C13H17ClO3. The average Bonchev–Trinajstić information content (AvgIpc) is 2.35. The van der Waals surface area contributed by atoms with Gasteiger partial charge < -0.3 is 9.47 Å². The molecule has 0 aliphatic carbocycles. The van der Waals surface area contributed by atoms with E-state index in [1.54, 1.807) is 13.2 Å². The fourth-order valence-corrected chi connectivity index (χ4v) is 1.93. The van der Waals surface area contributed by atoms with Crippen LogP contribution < -0.4 is 4.74 Å². The molecule has 0 aromatic heterocycles. The summed E-state index contributed by atoms with van der Waals surface area (Å²) in [6.45, 7) is 1.96. The molecule has 0 heterocycles. The van der Waals surface area contributed by atoms with E-state index in [1.807, 2.05) is 19.1 Å². The maximum absolute atomic E-state index is 11.5. The molecule has 1 rings (SSSR count). The lowest BCUT2D eigenvalue weighted by Gasteiger charge is -2.15. The number of hydrogen-bond acceptors (Lipinski definition) is 3. The Morgan fingerprint density at radius 1 is 1.41 bits per heavy atom. The van der Waals surface area contributed by atoms with Gasteiger partial charge in [0, 0.05) is 5.02 Å². The Balaban J connectivity index is 2.92. The van der Waals surface area contributed by atoms with Gasteiger partial charge in [0.1, 0.15) is 5.75 Å². The van der Waals surface area contributed by atoms with Gasteiger partial charge >= 0.3 is 5.97 Å². The molecule has 0 saturated heterocycles. The van der Waals surface area contributed by atoms with Gasteiger partial charge in [-0.15, -0.1) is 0 Å². The molecule has 0 aliphatic rings. The van der Waals surface area contributed by atoms with Crippen LogP contribution in [0.4, 0.5) is 0 Å². The lowest BCUT2D eigenvalue weighted by Crippen LogP contribution is -2.18. The van der Waals surface area contributed by atoms with Gasteiger partial charge in [0.2, 0.25) is 0 Å². The summed E-state index contributed by atoms with van der Waals surface area (Å²) in [7, 11) is 3.01. The molecule has 1 unspecified atom stereocenters. The second kappa shape index (κ2) is 6.50. The Morgan fingerprint density at radius 2 is 2.12 bits per heavy atom. The van der Waals surface area contributed by atoms with E-state index in [0.29, 0.717) is 11.4 Å². The van der Waals surface area contributed by atoms with E-state index < -0.39 is 0 Å². The Kier molecular flexibility index (Phi) is 5.29. The first-order valence-electron chi connectivity index (χ1n) is 5.52. The molecule has 94 valence electrons. The molecule has 0 fully saturated rings. The van der Waals surface area contributed by atoms with Crippen LogP contribution in [-0.4, -0.2) is 20.2 Å². The quantitative estimate of drug-likeness (QED) is 0.760. The lowest BCUT2D eigenvalue weighted by molar-refractivity contribution is -0.145. The Bertz CT molecular complexity index is 390. The normalized spacial score (nSPS) is 12.0. The number of methoxy groups -OCH3 is 2. The number of halogens is 1. The Morgan fingerprint density at radius 3 is 2.65 bits per heavy atom. The van der Waals surface area contributed by atoms with Crippen molar-refractivity contribution in [2.24, 2.45) is 5.92 Å². The highest BCUT2D eigenvalue weighted by atomic mass is 35.5. The van der Waals surface area contributed by atoms with E-state index in [1.165, 1.54) is 7.11 Å². The molecule has 0 radical (unpaired) electrons. The summed E-state index contributed by atoms with van der Waals surface area (Å²) in [5.74, 6) is 0.388. The zero-order valence-corrected chi connectivity index (χ0v) is 11.1. The number of carbonyl (C=O) groups is 1. The highest BCUT2D eigenvalue weighted by molar-refractivity contribution is 6.30. The summed E-state index contributed by atoms with van der Waals surface area (Å²) in [4.78, 5) is 11.5. The Hall–Kier alpha value is -1.22. The topological polar surface area (TPSA) is 35.5 Å². The van der Waals surface area contributed by atoms with Crippen LogP contribution in [0.2, 0.25) is 5.02 Å². The van der Waals surface area contributed by atoms with Gasteiger partial charge in [0.25, 0.3) is 0 Å². The van der Waals surface area contributed by atoms with Gasteiger partial charge in [-0.3, -0.25) is 4.79 Å². The van der Waals surface area contributed by atoms with Crippen LogP contribution in [0.5, 0.6) is 5.75 Å². The zero-order valence-electron chi connectivity index (χ0n) is 10.3. The first-order chi connectivity index (χ1) is 8.12. The minimum Gasteiger partial charge on any atom is -0.496 e. The number of hydrogen-bond donors (Lipinski definition) is 0. The molecule has 1 aromatic rings. The van der Waals surface area contributed by atoms with Crippen molar-refractivity contribution < 1.29 is 14.3 Å². The minimum atomic E-state index is -0.200. The number of carbonyl (C=O) groups excluding carboxylic acids is 1. The van der Waals surface area contributed by atoms with Gasteiger partial charge in [-0.1, -0.05) is 18.5 Å². The van der Waals surface area contributed by atoms with Crippen molar-refractivity contribution in [2.75, 3.05) is 14.2 Å². The van der Waals surface area contributed by atoms with Crippen molar-refractivity contribution in [2.45, 2.75) is 19.8 Å². The predicted octanol–water partition coefficient (Wildman–Crippen LogP) is 3.09. The molecule has 17 heavy (non-hydrogen) atoms. The van der Waals surface area contributed by atoms with Gasteiger partial charge in [-0.25, -0.2) is 0 Å². The molecule has 0 spiro atoms. The van der Waals surface area contributed by atoms with E-state index in [2.05, 4.69) is 0 Å². The molecule has 1 aromatic carbocycles. The molecule has 4 heteroatoms. The second-order valence-electron chi connectivity index (χ2n) is 3.79. The lowest BCUT2D eigenvalue weighted by atomic mass is 9.96. The maximum atomic E-state index is 11.5. The van der Waals surface area contributed by atoms with Crippen molar-refractivity contribution in [3.8, 4) is 5.75 Å². The largest absolute Gasteiger partial charge is 0.496 e. The molecule has 3 nitrogen and oxygen atoms in total. The van der Waals surface area contributed by atoms with Crippen LogP contribution in [-0.2, 0) is 16.0 Å². The van der Waals surface area contributed by atoms with Gasteiger partial charge in [0.05, 0.1) is 20.1 Å². The van der Waals surface area contributed by atoms with E-state index in [-0.39, 0.29) is 11.9 Å².